The van der Waals surface area contributed by atoms with Gasteiger partial charge < -0.3 is 14.1 Å². The van der Waals surface area contributed by atoms with Gasteiger partial charge in [0.15, 0.2) is 5.43 Å². The number of hydrogen-bond donors (Lipinski definition) is 0. The topological polar surface area (TPSA) is 59.8 Å². The van der Waals surface area contributed by atoms with Crippen molar-refractivity contribution in [2.75, 3.05) is 7.11 Å². The first kappa shape index (κ1) is 20.1. The molecule has 1 atom stereocenters. The minimum Gasteiger partial charge on any atom is -0.497 e. The minimum atomic E-state index is -0.511. The Balaban J connectivity index is 1.69. The number of nitrogens with zero attached hydrogens (tertiary/aromatic N) is 1. The molecule has 1 aliphatic rings. The fraction of sp³-hybridized carbons (Fsp3) is 0.185. The van der Waals surface area contributed by atoms with E-state index in [0.717, 1.165) is 28.0 Å². The van der Waals surface area contributed by atoms with E-state index in [2.05, 4.69) is 0 Å². The largest absolute Gasteiger partial charge is 0.497 e. The summed E-state index contributed by atoms with van der Waals surface area (Å²) in [6.45, 7) is 4.28. The second kappa shape index (κ2) is 7.68. The molecule has 5 heteroatoms. The van der Waals surface area contributed by atoms with E-state index >= 15 is 0 Å². The fourth-order valence-corrected chi connectivity index (χ4v) is 4.35. The zero-order valence-electron chi connectivity index (χ0n) is 18.2. The number of fused-ring (bicyclic) bond motifs is 2. The van der Waals surface area contributed by atoms with Crippen molar-refractivity contribution in [2.45, 2.75) is 26.4 Å². The van der Waals surface area contributed by atoms with Gasteiger partial charge in [0.25, 0.3) is 5.91 Å². The van der Waals surface area contributed by atoms with Crippen LogP contribution < -0.4 is 10.2 Å². The molecule has 32 heavy (non-hydrogen) atoms. The third-order valence-corrected chi connectivity index (χ3v) is 6.21. The average Bonchev–Trinajstić information content (AvgIpc) is 3.08. The molecule has 0 radical (unpaired) electrons. The molecule has 0 saturated heterocycles. The highest BCUT2D eigenvalue weighted by Crippen LogP contribution is 2.39. The molecule has 1 amide bonds. The van der Waals surface area contributed by atoms with Crippen molar-refractivity contribution in [3.63, 3.8) is 0 Å². The summed E-state index contributed by atoms with van der Waals surface area (Å²) in [5.74, 6) is 0.605. The van der Waals surface area contributed by atoms with Gasteiger partial charge in [0, 0.05) is 6.54 Å². The second-order valence-electron chi connectivity index (χ2n) is 8.20. The quantitative estimate of drug-likeness (QED) is 0.453. The van der Waals surface area contributed by atoms with Crippen molar-refractivity contribution < 1.29 is 13.9 Å². The summed E-state index contributed by atoms with van der Waals surface area (Å²) in [6.07, 6.45) is 0. The maximum atomic E-state index is 13.6. The van der Waals surface area contributed by atoms with E-state index in [4.69, 9.17) is 9.15 Å². The van der Waals surface area contributed by atoms with E-state index in [1.807, 2.05) is 80.6 Å². The van der Waals surface area contributed by atoms with Crippen LogP contribution in [0.1, 0.15) is 44.4 Å². The van der Waals surface area contributed by atoms with E-state index in [0.29, 0.717) is 23.1 Å². The van der Waals surface area contributed by atoms with Crippen molar-refractivity contribution in [1.29, 1.82) is 0 Å². The number of benzene rings is 3. The van der Waals surface area contributed by atoms with Gasteiger partial charge in [-0.15, -0.1) is 0 Å². The highest BCUT2D eigenvalue weighted by molar-refractivity contribution is 5.99. The lowest BCUT2D eigenvalue weighted by Crippen LogP contribution is -2.29. The lowest BCUT2D eigenvalue weighted by molar-refractivity contribution is 0.0714. The Morgan fingerprint density at radius 2 is 1.62 bits per heavy atom. The SMILES string of the molecule is COc1ccc(CN2C(=O)c3oc4cc(C)c(C)cc4c(=O)c3C2c2ccccc2)cc1. The first-order valence-electron chi connectivity index (χ1n) is 10.5. The van der Waals surface area contributed by atoms with E-state index in [9.17, 15) is 9.59 Å². The Kier molecular flexibility index (Phi) is 4.82. The average molecular weight is 425 g/mol. The summed E-state index contributed by atoms with van der Waals surface area (Å²) in [6, 6.07) is 20.4. The predicted octanol–water partition coefficient (Wildman–Crippen LogP) is 5.16. The highest BCUT2D eigenvalue weighted by Gasteiger charge is 2.42. The Morgan fingerprint density at radius 1 is 0.938 bits per heavy atom. The normalized spacial score (nSPS) is 15.3. The predicted molar refractivity (Wildman–Crippen MR) is 123 cm³/mol. The highest BCUT2D eigenvalue weighted by atomic mass is 16.5. The molecule has 0 fully saturated rings. The molecule has 1 aromatic heterocycles. The number of carbonyl (C=O) groups excluding carboxylic acids is 1. The molecule has 0 aliphatic carbocycles. The van der Waals surface area contributed by atoms with Gasteiger partial charge in [-0.2, -0.15) is 0 Å². The first-order valence-corrected chi connectivity index (χ1v) is 10.5. The molecule has 1 unspecified atom stereocenters. The van der Waals surface area contributed by atoms with Crippen LogP contribution in [-0.4, -0.2) is 17.9 Å². The molecule has 3 aromatic carbocycles. The number of rotatable bonds is 4. The molecule has 5 nitrogen and oxygen atoms in total. The van der Waals surface area contributed by atoms with Gasteiger partial charge >= 0.3 is 0 Å². The number of ether oxygens (including phenoxy) is 1. The third-order valence-electron chi connectivity index (χ3n) is 6.21. The Morgan fingerprint density at radius 3 is 2.31 bits per heavy atom. The molecule has 5 rings (SSSR count). The minimum absolute atomic E-state index is 0.133. The Bertz CT molecular complexity index is 1390. The molecule has 160 valence electrons. The van der Waals surface area contributed by atoms with Crippen molar-refractivity contribution in [3.8, 4) is 5.75 Å². The van der Waals surface area contributed by atoms with Gasteiger partial charge in [0.2, 0.25) is 5.76 Å². The number of aryl methyl sites for hydroxylation is 2. The van der Waals surface area contributed by atoms with Crippen molar-refractivity contribution in [1.82, 2.24) is 4.90 Å². The first-order chi connectivity index (χ1) is 15.5. The summed E-state index contributed by atoms with van der Waals surface area (Å²) in [5.41, 5.74) is 4.55. The molecule has 0 saturated carbocycles. The van der Waals surface area contributed by atoms with Crippen LogP contribution in [0.2, 0.25) is 0 Å². The molecule has 0 N–H and O–H groups in total. The zero-order valence-corrected chi connectivity index (χ0v) is 18.2. The fourth-order valence-electron chi connectivity index (χ4n) is 4.35. The molecule has 4 aromatic rings. The molecule has 1 aliphatic heterocycles. The summed E-state index contributed by atoms with van der Waals surface area (Å²) >= 11 is 0. The molecule has 2 heterocycles. The summed E-state index contributed by atoms with van der Waals surface area (Å²) in [7, 11) is 1.62. The molecule has 0 bridgehead atoms. The number of carbonyl (C=O) groups is 1. The van der Waals surface area contributed by atoms with Crippen molar-refractivity contribution in [2.24, 2.45) is 0 Å². The smallest absolute Gasteiger partial charge is 0.291 e. The maximum Gasteiger partial charge on any atom is 0.291 e. The van der Waals surface area contributed by atoms with Gasteiger partial charge in [0.1, 0.15) is 11.3 Å². The number of amides is 1. The van der Waals surface area contributed by atoms with Gasteiger partial charge in [-0.3, -0.25) is 9.59 Å². The van der Waals surface area contributed by atoms with E-state index in [-0.39, 0.29) is 17.1 Å². The molecular weight excluding hydrogens is 402 g/mol. The van der Waals surface area contributed by atoms with Gasteiger partial charge in [0.05, 0.1) is 24.1 Å². The summed E-state index contributed by atoms with van der Waals surface area (Å²) < 4.78 is 11.3. The third kappa shape index (κ3) is 3.17. The van der Waals surface area contributed by atoms with Crippen LogP contribution in [0.3, 0.4) is 0 Å². The van der Waals surface area contributed by atoms with E-state index in [1.165, 1.54) is 0 Å². The van der Waals surface area contributed by atoms with Crippen molar-refractivity contribution in [3.05, 3.63) is 111 Å². The van der Waals surface area contributed by atoms with Crippen LogP contribution in [-0.2, 0) is 6.54 Å². The lowest BCUT2D eigenvalue weighted by atomic mass is 9.97. The molecular formula is C27H23NO4. The van der Waals surface area contributed by atoms with Gasteiger partial charge in [-0.25, -0.2) is 0 Å². The number of methoxy groups -OCH3 is 1. The van der Waals surface area contributed by atoms with Crippen LogP contribution in [0.25, 0.3) is 11.0 Å². The Labute approximate surface area is 185 Å². The van der Waals surface area contributed by atoms with Crippen LogP contribution in [0.4, 0.5) is 0 Å². The van der Waals surface area contributed by atoms with Crippen LogP contribution in [0.5, 0.6) is 5.75 Å². The Hall–Kier alpha value is -3.86. The van der Waals surface area contributed by atoms with E-state index < -0.39 is 6.04 Å². The second-order valence-corrected chi connectivity index (χ2v) is 8.20. The van der Waals surface area contributed by atoms with Gasteiger partial charge in [-0.05, 0) is 60.4 Å². The van der Waals surface area contributed by atoms with Gasteiger partial charge in [-0.1, -0.05) is 42.5 Å². The van der Waals surface area contributed by atoms with Crippen LogP contribution >= 0.6 is 0 Å². The zero-order chi connectivity index (χ0) is 22.4. The summed E-state index contributed by atoms with van der Waals surface area (Å²) in [5, 5.41) is 0.506. The maximum absolute atomic E-state index is 13.6. The molecule has 0 spiro atoms. The lowest BCUT2D eigenvalue weighted by Gasteiger charge is -2.25. The van der Waals surface area contributed by atoms with Crippen LogP contribution in [0, 0.1) is 13.8 Å². The van der Waals surface area contributed by atoms with Crippen molar-refractivity contribution >= 4 is 16.9 Å². The van der Waals surface area contributed by atoms with Crippen LogP contribution in [0.15, 0.2) is 75.9 Å². The monoisotopic (exact) mass is 425 g/mol. The summed E-state index contributed by atoms with van der Waals surface area (Å²) in [4.78, 5) is 28.9. The van der Waals surface area contributed by atoms with E-state index in [1.54, 1.807) is 12.0 Å². The number of hydrogen-bond acceptors (Lipinski definition) is 4. The standard InChI is InChI=1S/C27H23NO4/c1-16-13-21-22(14-17(16)2)32-26-23(25(21)29)24(19-7-5-4-6-8-19)28(27(26)30)15-18-9-11-20(31-3)12-10-18/h4-14,24H,15H2,1-3H3.